The molecule has 0 unspecified atom stereocenters. The maximum atomic E-state index is 14.2. The lowest BCUT2D eigenvalue weighted by Crippen LogP contribution is -2.20. The Balaban J connectivity index is 2.07. The summed E-state index contributed by atoms with van der Waals surface area (Å²) >= 11 is 5.79. The number of nitrogens with zero attached hydrogens (tertiary/aromatic N) is 3. The summed E-state index contributed by atoms with van der Waals surface area (Å²) < 4.78 is 15.6. The van der Waals surface area contributed by atoms with Crippen molar-refractivity contribution in [3.8, 4) is 11.3 Å². The van der Waals surface area contributed by atoms with Crippen molar-refractivity contribution in [2.75, 3.05) is 0 Å². The Bertz CT molecular complexity index is 967. The first-order chi connectivity index (χ1) is 10.6. The second kappa shape index (κ2) is 4.88. The molecule has 0 fully saturated rings. The molecule has 6 heteroatoms. The largest absolute Gasteiger partial charge is 0.269 e. The minimum absolute atomic E-state index is 0.0875. The molecule has 0 N–H and O–H groups in total. The summed E-state index contributed by atoms with van der Waals surface area (Å²) in [5, 5.41) is 0.313. The summed E-state index contributed by atoms with van der Waals surface area (Å²) in [4.78, 5) is 21.3. The monoisotopic (exact) mass is 315 g/mol. The Labute approximate surface area is 130 Å². The summed E-state index contributed by atoms with van der Waals surface area (Å²) in [6.45, 7) is 0. The highest BCUT2D eigenvalue weighted by atomic mass is 35.5. The van der Waals surface area contributed by atoms with Crippen molar-refractivity contribution in [3.63, 3.8) is 0 Å². The van der Waals surface area contributed by atoms with E-state index in [2.05, 4.69) is 9.97 Å². The van der Waals surface area contributed by atoms with E-state index in [4.69, 9.17) is 11.6 Å². The van der Waals surface area contributed by atoms with Crippen LogP contribution in [-0.4, -0.2) is 14.4 Å². The zero-order valence-electron chi connectivity index (χ0n) is 11.5. The number of benzene rings is 1. The van der Waals surface area contributed by atoms with E-state index in [0.717, 1.165) is 30.5 Å². The molecule has 1 aliphatic rings. The second-order valence-electron chi connectivity index (χ2n) is 5.29. The Kier molecular flexibility index (Phi) is 2.97. The summed E-state index contributed by atoms with van der Waals surface area (Å²) in [6, 6.07) is 4.38. The topological polar surface area (TPSA) is 47.3 Å². The number of rotatable bonds is 1. The van der Waals surface area contributed by atoms with Gasteiger partial charge in [-0.15, -0.1) is 0 Å². The van der Waals surface area contributed by atoms with Crippen LogP contribution in [0.5, 0.6) is 0 Å². The summed E-state index contributed by atoms with van der Waals surface area (Å²) in [7, 11) is 0. The molecule has 4 rings (SSSR count). The van der Waals surface area contributed by atoms with Gasteiger partial charge in [-0.05, 0) is 37.5 Å². The van der Waals surface area contributed by atoms with Gasteiger partial charge in [0.2, 0.25) is 0 Å². The van der Waals surface area contributed by atoms with Crippen molar-refractivity contribution in [2.24, 2.45) is 0 Å². The van der Waals surface area contributed by atoms with Gasteiger partial charge >= 0.3 is 0 Å². The molecule has 1 aromatic carbocycles. The number of aryl methyl sites for hydroxylation is 1. The van der Waals surface area contributed by atoms with E-state index in [0.29, 0.717) is 16.4 Å². The van der Waals surface area contributed by atoms with Gasteiger partial charge in [0.05, 0.1) is 5.69 Å². The van der Waals surface area contributed by atoms with Gasteiger partial charge in [0, 0.05) is 28.5 Å². The maximum Gasteiger partial charge on any atom is 0.261 e. The Morgan fingerprint density at radius 1 is 1.27 bits per heavy atom. The molecule has 3 aromatic rings. The van der Waals surface area contributed by atoms with Crippen LogP contribution < -0.4 is 5.56 Å². The van der Waals surface area contributed by atoms with Crippen LogP contribution in [0, 0.1) is 5.82 Å². The lowest BCUT2D eigenvalue weighted by molar-refractivity contribution is 0.630. The van der Waals surface area contributed by atoms with E-state index in [1.165, 1.54) is 16.7 Å². The van der Waals surface area contributed by atoms with Gasteiger partial charge in [0.25, 0.3) is 5.56 Å². The van der Waals surface area contributed by atoms with E-state index >= 15 is 0 Å². The highest BCUT2D eigenvalue weighted by Crippen LogP contribution is 2.27. The number of hydrogen-bond acceptors (Lipinski definition) is 3. The van der Waals surface area contributed by atoms with Gasteiger partial charge in [0.15, 0.2) is 5.65 Å². The molecular formula is C16H11ClFN3O. The van der Waals surface area contributed by atoms with Gasteiger partial charge in [0.1, 0.15) is 11.5 Å². The Hall–Kier alpha value is -2.27. The molecule has 2 heterocycles. The van der Waals surface area contributed by atoms with Crippen molar-refractivity contribution in [1.29, 1.82) is 0 Å². The van der Waals surface area contributed by atoms with E-state index in [1.807, 2.05) is 0 Å². The Morgan fingerprint density at radius 3 is 2.95 bits per heavy atom. The third kappa shape index (κ3) is 1.93. The van der Waals surface area contributed by atoms with Crippen LogP contribution in [-0.2, 0) is 12.8 Å². The van der Waals surface area contributed by atoms with E-state index in [-0.39, 0.29) is 11.1 Å². The molecule has 0 amide bonds. The van der Waals surface area contributed by atoms with Crippen molar-refractivity contribution >= 4 is 17.2 Å². The van der Waals surface area contributed by atoms with E-state index < -0.39 is 5.82 Å². The molecule has 0 saturated carbocycles. The van der Waals surface area contributed by atoms with Gasteiger partial charge in [-0.1, -0.05) is 11.6 Å². The van der Waals surface area contributed by atoms with Crippen molar-refractivity contribution in [1.82, 2.24) is 14.4 Å². The van der Waals surface area contributed by atoms with Crippen LogP contribution in [0.25, 0.3) is 16.9 Å². The zero-order chi connectivity index (χ0) is 15.3. The first kappa shape index (κ1) is 13.4. The molecular weight excluding hydrogens is 305 g/mol. The fourth-order valence-electron chi connectivity index (χ4n) is 2.91. The molecule has 0 atom stereocenters. The average Bonchev–Trinajstić information content (AvgIpc) is 2.96. The molecule has 0 aliphatic heterocycles. The first-order valence-electron chi connectivity index (χ1n) is 6.99. The SMILES string of the molecule is O=c1c2c(nc3c(-c4ccc(Cl)cc4F)nccn13)CCC2. The first-order valence-corrected chi connectivity index (χ1v) is 7.37. The quantitative estimate of drug-likeness (QED) is 0.693. The predicted octanol–water partition coefficient (Wildman–Crippen LogP) is 3.04. The van der Waals surface area contributed by atoms with Gasteiger partial charge in [-0.2, -0.15) is 0 Å². The zero-order valence-corrected chi connectivity index (χ0v) is 12.3. The molecule has 2 aromatic heterocycles. The number of halogens is 2. The van der Waals surface area contributed by atoms with Crippen molar-refractivity contribution in [2.45, 2.75) is 19.3 Å². The molecule has 0 bridgehead atoms. The molecule has 0 spiro atoms. The summed E-state index contributed by atoms with van der Waals surface area (Å²) in [6.07, 6.45) is 5.50. The smallest absolute Gasteiger partial charge is 0.261 e. The van der Waals surface area contributed by atoms with E-state index in [9.17, 15) is 9.18 Å². The van der Waals surface area contributed by atoms with E-state index in [1.54, 1.807) is 18.3 Å². The van der Waals surface area contributed by atoms with Crippen LogP contribution in [0.1, 0.15) is 17.7 Å². The highest BCUT2D eigenvalue weighted by molar-refractivity contribution is 6.30. The third-order valence-corrected chi connectivity index (χ3v) is 4.19. The predicted molar refractivity (Wildman–Crippen MR) is 81.7 cm³/mol. The Morgan fingerprint density at radius 2 is 2.14 bits per heavy atom. The summed E-state index contributed by atoms with van der Waals surface area (Å²) in [5.41, 5.74) is 2.49. The number of hydrogen-bond donors (Lipinski definition) is 0. The molecule has 0 saturated heterocycles. The second-order valence-corrected chi connectivity index (χ2v) is 5.73. The highest BCUT2D eigenvalue weighted by Gasteiger charge is 2.20. The van der Waals surface area contributed by atoms with Gasteiger partial charge in [-0.3, -0.25) is 14.2 Å². The standard InChI is InChI=1S/C16H11ClFN3O/c17-9-4-5-10(12(18)8-9)14-15-20-13-3-1-2-11(13)16(22)21(15)7-6-19-14/h4-8H,1-3H2. The van der Waals surface area contributed by atoms with Crippen LogP contribution in [0.3, 0.4) is 0 Å². The molecule has 22 heavy (non-hydrogen) atoms. The fourth-order valence-corrected chi connectivity index (χ4v) is 3.07. The molecule has 1 aliphatic carbocycles. The van der Waals surface area contributed by atoms with Crippen molar-refractivity contribution < 1.29 is 4.39 Å². The van der Waals surface area contributed by atoms with Gasteiger partial charge < -0.3 is 0 Å². The van der Waals surface area contributed by atoms with Crippen LogP contribution in [0.15, 0.2) is 35.4 Å². The lowest BCUT2D eigenvalue weighted by atomic mass is 10.1. The number of fused-ring (bicyclic) bond motifs is 2. The normalized spacial score (nSPS) is 13.5. The number of aromatic nitrogens is 3. The van der Waals surface area contributed by atoms with Crippen LogP contribution in [0.2, 0.25) is 5.02 Å². The average molecular weight is 316 g/mol. The minimum Gasteiger partial charge on any atom is -0.269 e. The minimum atomic E-state index is -0.483. The van der Waals surface area contributed by atoms with Gasteiger partial charge in [-0.25, -0.2) is 9.37 Å². The van der Waals surface area contributed by atoms with Crippen molar-refractivity contribution in [3.05, 3.63) is 63.0 Å². The fraction of sp³-hybridized carbons (Fsp3) is 0.188. The molecule has 4 nitrogen and oxygen atoms in total. The van der Waals surface area contributed by atoms with Crippen LogP contribution >= 0.6 is 11.6 Å². The maximum absolute atomic E-state index is 14.2. The molecule has 110 valence electrons. The summed E-state index contributed by atoms with van der Waals surface area (Å²) in [5.74, 6) is -0.483. The lowest BCUT2D eigenvalue weighted by Gasteiger charge is -2.09. The molecule has 0 radical (unpaired) electrons. The van der Waals surface area contributed by atoms with Crippen LogP contribution in [0.4, 0.5) is 4.39 Å². The third-order valence-electron chi connectivity index (χ3n) is 3.95.